The van der Waals surface area contributed by atoms with Crippen molar-refractivity contribution in [3.8, 4) is 0 Å². The molecule has 2 fully saturated rings. The molecule has 0 bridgehead atoms. The second-order valence-corrected chi connectivity index (χ2v) is 4.65. The number of rotatable bonds is 0. The van der Waals surface area contributed by atoms with Gasteiger partial charge in [-0.25, -0.2) is 0 Å². The number of hydrogen-bond donors (Lipinski definition) is 1. The summed E-state index contributed by atoms with van der Waals surface area (Å²) in [6.07, 6.45) is 2.99. The number of fused-ring (bicyclic) bond motifs is 1. The largest absolute Gasteiger partial charge is 0.433 e. The van der Waals surface area contributed by atoms with Crippen molar-refractivity contribution in [1.29, 1.82) is 0 Å². The zero-order valence-electron chi connectivity index (χ0n) is 8.17. The van der Waals surface area contributed by atoms with Crippen molar-refractivity contribution in [1.82, 2.24) is 0 Å². The highest BCUT2D eigenvalue weighted by Crippen LogP contribution is 2.54. The van der Waals surface area contributed by atoms with Crippen LogP contribution in [0.1, 0.15) is 39.5 Å². The molecule has 1 saturated carbocycles. The minimum absolute atomic E-state index is 0.251. The van der Waals surface area contributed by atoms with Crippen LogP contribution in [-0.2, 0) is 9.53 Å². The van der Waals surface area contributed by atoms with Crippen LogP contribution in [0.4, 0.5) is 0 Å². The minimum Gasteiger partial charge on any atom is -0.433 e. The molecule has 3 nitrogen and oxygen atoms in total. The summed E-state index contributed by atoms with van der Waals surface area (Å²) in [5, 5.41) is 10.2. The summed E-state index contributed by atoms with van der Waals surface area (Å²) in [4.78, 5) is 11.2. The summed E-state index contributed by atoms with van der Waals surface area (Å²) < 4.78 is 5.04. The summed E-state index contributed by atoms with van der Waals surface area (Å²) in [7, 11) is 0. The lowest BCUT2D eigenvalue weighted by Crippen LogP contribution is -2.49. The average molecular weight is 184 g/mol. The summed E-state index contributed by atoms with van der Waals surface area (Å²) in [5.41, 5.74) is -0.359. The van der Waals surface area contributed by atoms with Crippen LogP contribution >= 0.6 is 0 Å². The molecule has 1 N–H and O–H groups in total. The molecule has 3 heteroatoms. The Labute approximate surface area is 78.1 Å². The number of carbonyl (C=O) groups excluding carboxylic acids is 1. The molecule has 3 atom stereocenters. The molecule has 1 heterocycles. The van der Waals surface area contributed by atoms with Gasteiger partial charge in [-0.05, 0) is 18.8 Å². The van der Waals surface area contributed by atoms with Gasteiger partial charge in [0.1, 0.15) is 0 Å². The van der Waals surface area contributed by atoms with Crippen LogP contribution in [0, 0.1) is 11.3 Å². The average Bonchev–Trinajstić information content (AvgIpc) is 2.23. The maximum Gasteiger partial charge on any atom is 0.309 e. The number of carbonyl (C=O) groups is 1. The lowest BCUT2D eigenvalue weighted by Gasteiger charge is -2.44. The topological polar surface area (TPSA) is 46.5 Å². The Kier molecular flexibility index (Phi) is 1.71. The van der Waals surface area contributed by atoms with E-state index in [1.165, 1.54) is 0 Å². The number of aliphatic hydroxyl groups is 1. The van der Waals surface area contributed by atoms with E-state index in [2.05, 4.69) is 6.92 Å². The van der Waals surface area contributed by atoms with Crippen molar-refractivity contribution in [2.75, 3.05) is 0 Å². The van der Waals surface area contributed by atoms with Crippen molar-refractivity contribution in [3.05, 3.63) is 0 Å². The van der Waals surface area contributed by atoms with Gasteiger partial charge in [0.2, 0.25) is 5.79 Å². The van der Waals surface area contributed by atoms with Gasteiger partial charge < -0.3 is 9.84 Å². The quantitative estimate of drug-likeness (QED) is 0.579. The van der Waals surface area contributed by atoms with Crippen molar-refractivity contribution in [2.24, 2.45) is 11.3 Å². The first kappa shape index (κ1) is 9.00. The maximum atomic E-state index is 11.2. The van der Waals surface area contributed by atoms with Crippen LogP contribution in [0.25, 0.3) is 0 Å². The second-order valence-electron chi connectivity index (χ2n) is 4.65. The summed E-state index contributed by atoms with van der Waals surface area (Å²) in [6.45, 7) is 4.05. The fourth-order valence-corrected chi connectivity index (χ4v) is 2.64. The molecule has 13 heavy (non-hydrogen) atoms. The third-order valence-corrected chi connectivity index (χ3v) is 3.93. The highest BCUT2D eigenvalue weighted by atomic mass is 16.7. The summed E-state index contributed by atoms with van der Waals surface area (Å²) in [6, 6.07) is 0. The smallest absolute Gasteiger partial charge is 0.309 e. The SMILES string of the molecule is C[C@@H]1CCC[C@@]2(O)OC(=O)C[C@@]12C. The fourth-order valence-electron chi connectivity index (χ4n) is 2.64. The lowest BCUT2D eigenvalue weighted by molar-refractivity contribution is -0.247. The predicted octanol–water partition coefficient (Wildman–Crippen LogP) is 1.45. The first-order valence-electron chi connectivity index (χ1n) is 4.92. The molecule has 1 aliphatic heterocycles. The van der Waals surface area contributed by atoms with Gasteiger partial charge in [0.05, 0.1) is 6.42 Å². The Morgan fingerprint density at radius 1 is 1.62 bits per heavy atom. The fraction of sp³-hybridized carbons (Fsp3) is 0.900. The zero-order chi connectivity index (χ0) is 9.69. The lowest BCUT2D eigenvalue weighted by atomic mass is 9.64. The van der Waals surface area contributed by atoms with Crippen LogP contribution in [0.5, 0.6) is 0 Å². The van der Waals surface area contributed by atoms with Crippen molar-refractivity contribution in [2.45, 2.75) is 45.3 Å². The van der Waals surface area contributed by atoms with Crippen molar-refractivity contribution in [3.63, 3.8) is 0 Å². The molecule has 1 aliphatic carbocycles. The summed E-state index contributed by atoms with van der Waals surface area (Å²) >= 11 is 0. The molecular weight excluding hydrogens is 168 g/mol. The molecule has 74 valence electrons. The van der Waals surface area contributed by atoms with Crippen LogP contribution in [0.15, 0.2) is 0 Å². The molecular formula is C10H16O3. The third kappa shape index (κ3) is 1.03. The van der Waals surface area contributed by atoms with Gasteiger partial charge in [0.15, 0.2) is 0 Å². The Morgan fingerprint density at radius 3 is 2.92 bits per heavy atom. The maximum absolute atomic E-state index is 11.2. The monoisotopic (exact) mass is 184 g/mol. The Bertz CT molecular complexity index is 251. The first-order chi connectivity index (χ1) is 5.98. The van der Waals surface area contributed by atoms with E-state index in [9.17, 15) is 9.90 Å². The Morgan fingerprint density at radius 2 is 2.31 bits per heavy atom. The zero-order valence-corrected chi connectivity index (χ0v) is 8.17. The van der Waals surface area contributed by atoms with Gasteiger partial charge in [-0.3, -0.25) is 4.79 Å². The number of ether oxygens (including phenoxy) is 1. The van der Waals surface area contributed by atoms with Gasteiger partial charge in [0.25, 0.3) is 0 Å². The van der Waals surface area contributed by atoms with Gasteiger partial charge in [-0.1, -0.05) is 13.8 Å². The number of esters is 1. The van der Waals surface area contributed by atoms with Gasteiger partial charge in [0, 0.05) is 11.8 Å². The van der Waals surface area contributed by atoms with Crippen molar-refractivity contribution >= 4 is 5.97 Å². The van der Waals surface area contributed by atoms with Crippen LogP contribution in [0.2, 0.25) is 0 Å². The van der Waals surface area contributed by atoms with Crippen molar-refractivity contribution < 1.29 is 14.6 Å². The van der Waals surface area contributed by atoms with E-state index in [4.69, 9.17) is 4.74 Å². The molecule has 1 saturated heterocycles. The van der Waals surface area contributed by atoms with E-state index in [0.717, 1.165) is 12.8 Å². The molecule has 2 aliphatic rings. The van der Waals surface area contributed by atoms with Gasteiger partial charge >= 0.3 is 5.97 Å². The standard InChI is InChI=1S/C10H16O3/c1-7-4-3-5-10(12)9(7,2)6-8(11)13-10/h7,12H,3-6H2,1-2H3/t7-,9+,10-/m1/s1. The van der Waals surface area contributed by atoms with Gasteiger partial charge in [-0.2, -0.15) is 0 Å². The predicted molar refractivity (Wildman–Crippen MR) is 46.8 cm³/mol. The van der Waals surface area contributed by atoms with E-state index in [1.54, 1.807) is 0 Å². The molecule has 0 aromatic heterocycles. The molecule has 0 aromatic carbocycles. The molecule has 2 rings (SSSR count). The van der Waals surface area contributed by atoms with E-state index in [1.807, 2.05) is 6.92 Å². The minimum atomic E-state index is -1.18. The second kappa shape index (κ2) is 2.47. The Hall–Kier alpha value is -0.570. The van der Waals surface area contributed by atoms with Gasteiger partial charge in [-0.15, -0.1) is 0 Å². The van der Waals surface area contributed by atoms with E-state index in [0.29, 0.717) is 18.8 Å². The molecule has 0 amide bonds. The normalized spacial score (nSPS) is 50.1. The first-order valence-corrected chi connectivity index (χ1v) is 4.92. The number of hydrogen-bond acceptors (Lipinski definition) is 3. The third-order valence-electron chi connectivity index (χ3n) is 3.93. The molecule has 0 unspecified atom stereocenters. The Balaban J connectivity index is 2.36. The molecule has 0 spiro atoms. The highest BCUT2D eigenvalue weighted by molar-refractivity contribution is 5.73. The van der Waals surface area contributed by atoms with E-state index >= 15 is 0 Å². The molecule has 0 radical (unpaired) electrons. The van der Waals surface area contributed by atoms with E-state index < -0.39 is 5.79 Å². The summed E-state index contributed by atoms with van der Waals surface area (Å²) in [5.74, 6) is -1.07. The van der Waals surface area contributed by atoms with E-state index in [-0.39, 0.29) is 11.4 Å². The van der Waals surface area contributed by atoms with Crippen LogP contribution < -0.4 is 0 Å². The van der Waals surface area contributed by atoms with Crippen LogP contribution in [0.3, 0.4) is 0 Å². The van der Waals surface area contributed by atoms with Crippen LogP contribution in [-0.4, -0.2) is 16.9 Å². The highest BCUT2D eigenvalue weighted by Gasteiger charge is 2.60. The molecule has 0 aromatic rings.